The van der Waals surface area contributed by atoms with Crippen LogP contribution in [0.5, 0.6) is 17.2 Å². The topological polar surface area (TPSA) is 72.8 Å². The van der Waals surface area contributed by atoms with Crippen LogP contribution in [-0.2, 0) is 10.4 Å². The van der Waals surface area contributed by atoms with Crippen molar-refractivity contribution in [2.75, 3.05) is 0 Å². The van der Waals surface area contributed by atoms with E-state index in [2.05, 4.69) is 8.37 Å². The Morgan fingerprint density at radius 1 is 1.05 bits per heavy atom. The summed E-state index contributed by atoms with van der Waals surface area (Å²) in [5, 5.41) is 9.69. The lowest BCUT2D eigenvalue weighted by Crippen LogP contribution is -2.08. The smallest absolute Gasteiger partial charge is 0.501 e. The van der Waals surface area contributed by atoms with Crippen LogP contribution in [0, 0.1) is 5.82 Å². The van der Waals surface area contributed by atoms with Gasteiger partial charge in [-0.15, -0.1) is 8.42 Å². The molecule has 0 saturated heterocycles. The lowest BCUT2D eigenvalue weighted by atomic mass is 10.0. The predicted molar refractivity (Wildman–Crippen MR) is 63.7 cm³/mol. The monoisotopic (exact) mass is 282 g/mol. The molecular formula is C12H7FO5S. The van der Waals surface area contributed by atoms with E-state index in [1.54, 1.807) is 30.3 Å². The van der Waals surface area contributed by atoms with Crippen LogP contribution in [0.15, 0.2) is 36.4 Å². The molecule has 2 aromatic carbocycles. The molecule has 19 heavy (non-hydrogen) atoms. The number of rotatable bonds is 1. The summed E-state index contributed by atoms with van der Waals surface area (Å²) in [4.78, 5) is 0. The fourth-order valence-corrected chi connectivity index (χ4v) is 2.56. The Balaban J connectivity index is 2.25. The van der Waals surface area contributed by atoms with Gasteiger partial charge in [-0.25, -0.2) is 4.39 Å². The quantitative estimate of drug-likeness (QED) is 0.868. The zero-order valence-electron chi connectivity index (χ0n) is 9.33. The Hall–Kier alpha value is -2.28. The van der Waals surface area contributed by atoms with E-state index in [4.69, 9.17) is 0 Å². The molecule has 1 aliphatic rings. The van der Waals surface area contributed by atoms with Crippen LogP contribution in [0.2, 0.25) is 0 Å². The van der Waals surface area contributed by atoms with E-state index in [0.29, 0.717) is 5.56 Å². The maximum absolute atomic E-state index is 14.2. The SMILES string of the molecule is O=S1(=O)Oc2c(O)cc(-c3ccccc3)c(F)c2O1. The third-order valence-electron chi connectivity index (χ3n) is 2.61. The minimum absolute atomic E-state index is 0.0255. The van der Waals surface area contributed by atoms with Gasteiger partial charge in [0.25, 0.3) is 0 Å². The van der Waals surface area contributed by atoms with Gasteiger partial charge in [-0.2, -0.15) is 0 Å². The van der Waals surface area contributed by atoms with Crippen LogP contribution in [0.3, 0.4) is 0 Å². The van der Waals surface area contributed by atoms with Crippen molar-refractivity contribution in [3.8, 4) is 28.4 Å². The highest BCUT2D eigenvalue weighted by molar-refractivity contribution is 7.82. The van der Waals surface area contributed by atoms with Gasteiger partial charge >= 0.3 is 10.4 Å². The molecule has 0 aromatic heterocycles. The maximum atomic E-state index is 14.2. The second kappa shape index (κ2) is 3.86. The van der Waals surface area contributed by atoms with Gasteiger partial charge in [0, 0.05) is 5.56 Å². The van der Waals surface area contributed by atoms with Gasteiger partial charge in [-0.3, -0.25) is 0 Å². The Labute approximate surface area is 108 Å². The Morgan fingerprint density at radius 3 is 2.37 bits per heavy atom. The van der Waals surface area contributed by atoms with E-state index >= 15 is 0 Å². The van der Waals surface area contributed by atoms with Crippen molar-refractivity contribution in [2.24, 2.45) is 0 Å². The van der Waals surface area contributed by atoms with Gasteiger partial charge in [0.05, 0.1) is 0 Å². The summed E-state index contributed by atoms with van der Waals surface area (Å²) in [5.41, 5.74) is 0.503. The first-order chi connectivity index (χ1) is 8.98. The average molecular weight is 282 g/mol. The molecule has 0 spiro atoms. The van der Waals surface area contributed by atoms with E-state index < -0.39 is 33.5 Å². The second-order valence-electron chi connectivity index (χ2n) is 3.86. The van der Waals surface area contributed by atoms with Gasteiger partial charge in [-0.05, 0) is 11.6 Å². The molecule has 1 aliphatic heterocycles. The zero-order chi connectivity index (χ0) is 13.6. The molecule has 2 aromatic rings. The Morgan fingerprint density at radius 2 is 1.68 bits per heavy atom. The maximum Gasteiger partial charge on any atom is 0.501 e. The fourth-order valence-electron chi connectivity index (χ4n) is 1.81. The highest BCUT2D eigenvalue weighted by Crippen LogP contribution is 2.48. The molecule has 3 rings (SSSR count). The van der Waals surface area contributed by atoms with Gasteiger partial charge in [-0.1, -0.05) is 30.3 Å². The van der Waals surface area contributed by atoms with Crippen molar-refractivity contribution in [1.82, 2.24) is 0 Å². The van der Waals surface area contributed by atoms with Crippen molar-refractivity contribution < 1.29 is 26.3 Å². The van der Waals surface area contributed by atoms with Crippen LogP contribution in [0.1, 0.15) is 0 Å². The molecule has 0 aliphatic carbocycles. The summed E-state index contributed by atoms with van der Waals surface area (Å²) in [6, 6.07) is 9.45. The van der Waals surface area contributed by atoms with Crippen LogP contribution in [-0.4, -0.2) is 13.5 Å². The normalized spacial score (nSPS) is 15.4. The summed E-state index contributed by atoms with van der Waals surface area (Å²) in [7, 11) is -4.35. The fraction of sp³-hybridized carbons (Fsp3) is 0. The molecule has 0 saturated carbocycles. The largest absolute Gasteiger partial charge is 0.504 e. The van der Waals surface area contributed by atoms with Gasteiger partial charge < -0.3 is 13.5 Å². The number of phenolic OH excluding ortho intramolecular Hbond substituents is 1. The van der Waals surface area contributed by atoms with Crippen molar-refractivity contribution in [2.45, 2.75) is 0 Å². The van der Waals surface area contributed by atoms with E-state index in [-0.39, 0.29) is 5.56 Å². The van der Waals surface area contributed by atoms with Crippen LogP contribution >= 0.6 is 0 Å². The Bertz CT molecular complexity index is 755. The van der Waals surface area contributed by atoms with Crippen molar-refractivity contribution in [1.29, 1.82) is 0 Å². The molecule has 0 radical (unpaired) electrons. The lowest BCUT2D eigenvalue weighted by molar-refractivity contribution is 0.418. The van der Waals surface area contributed by atoms with Crippen LogP contribution in [0.25, 0.3) is 11.1 Å². The molecule has 0 unspecified atom stereocenters. The van der Waals surface area contributed by atoms with Crippen molar-refractivity contribution >= 4 is 10.4 Å². The number of hydrogen-bond acceptors (Lipinski definition) is 5. The number of phenols is 1. The first kappa shape index (κ1) is 11.8. The molecule has 0 amide bonds. The first-order valence-corrected chi connectivity index (χ1v) is 6.56. The standard InChI is InChI=1S/C12H7FO5S/c13-10-8(7-4-2-1-3-5-7)6-9(14)11-12(10)18-19(15,16)17-11/h1-6,14H. The molecule has 98 valence electrons. The highest BCUT2D eigenvalue weighted by atomic mass is 32.3. The molecule has 1 heterocycles. The summed E-state index contributed by atoms with van der Waals surface area (Å²) in [6.45, 7) is 0. The van der Waals surface area contributed by atoms with Crippen molar-refractivity contribution in [3.05, 3.63) is 42.2 Å². The third kappa shape index (κ3) is 1.88. The molecule has 1 N–H and O–H groups in total. The van der Waals surface area contributed by atoms with Gasteiger partial charge in [0.1, 0.15) is 0 Å². The van der Waals surface area contributed by atoms with E-state index in [1.165, 1.54) is 0 Å². The number of aromatic hydroxyl groups is 1. The first-order valence-electron chi connectivity index (χ1n) is 5.23. The zero-order valence-corrected chi connectivity index (χ0v) is 10.1. The number of benzene rings is 2. The van der Waals surface area contributed by atoms with E-state index in [1.807, 2.05) is 0 Å². The molecular weight excluding hydrogens is 275 g/mol. The Kier molecular flexibility index (Phi) is 2.39. The lowest BCUT2D eigenvalue weighted by Gasteiger charge is -2.06. The summed E-state index contributed by atoms with van der Waals surface area (Å²) < 4.78 is 45.2. The van der Waals surface area contributed by atoms with E-state index in [9.17, 15) is 17.9 Å². The van der Waals surface area contributed by atoms with E-state index in [0.717, 1.165) is 6.07 Å². The van der Waals surface area contributed by atoms with Gasteiger partial charge in [0.2, 0.25) is 11.5 Å². The summed E-state index contributed by atoms with van der Waals surface area (Å²) in [5.74, 6) is -2.56. The van der Waals surface area contributed by atoms with Crippen LogP contribution in [0.4, 0.5) is 4.39 Å². The minimum atomic E-state index is -4.35. The number of fused-ring (bicyclic) bond motifs is 1. The van der Waals surface area contributed by atoms with Gasteiger partial charge in [0.15, 0.2) is 11.6 Å². The predicted octanol–water partition coefficient (Wildman–Crippen LogP) is 2.21. The molecule has 0 atom stereocenters. The molecule has 0 fully saturated rings. The summed E-state index contributed by atoms with van der Waals surface area (Å²) in [6.07, 6.45) is 0. The second-order valence-corrected chi connectivity index (χ2v) is 5.01. The summed E-state index contributed by atoms with van der Waals surface area (Å²) >= 11 is 0. The molecule has 7 heteroatoms. The average Bonchev–Trinajstić information content (AvgIpc) is 2.71. The minimum Gasteiger partial charge on any atom is -0.504 e. The molecule has 0 bridgehead atoms. The highest BCUT2D eigenvalue weighted by Gasteiger charge is 2.36. The molecule has 5 nitrogen and oxygen atoms in total. The third-order valence-corrected chi connectivity index (χ3v) is 3.35. The number of hydrogen-bond donors (Lipinski definition) is 1. The number of halogens is 1. The van der Waals surface area contributed by atoms with Crippen molar-refractivity contribution in [3.63, 3.8) is 0 Å². The van der Waals surface area contributed by atoms with Crippen LogP contribution < -0.4 is 8.37 Å².